The van der Waals surface area contributed by atoms with Gasteiger partial charge in [0.1, 0.15) is 17.5 Å². The van der Waals surface area contributed by atoms with E-state index in [-0.39, 0.29) is 17.9 Å². The summed E-state index contributed by atoms with van der Waals surface area (Å²) < 4.78 is 38.9. The largest absolute Gasteiger partial charge is 0.497 e. The number of hydrogen-bond donors (Lipinski definition) is 2. The van der Waals surface area contributed by atoms with Crippen LogP contribution >= 0.6 is 0 Å². The van der Waals surface area contributed by atoms with Crippen molar-refractivity contribution in [2.24, 2.45) is 0 Å². The Kier molecular flexibility index (Phi) is 7.86. The molecule has 0 aliphatic heterocycles. The summed E-state index contributed by atoms with van der Waals surface area (Å²) in [7, 11) is -0.875. The zero-order valence-electron chi connectivity index (χ0n) is 17.9. The van der Waals surface area contributed by atoms with Crippen molar-refractivity contribution in [1.29, 1.82) is 0 Å². The molecule has 32 heavy (non-hydrogen) atoms. The molecule has 7 nitrogen and oxygen atoms in total. The topological polar surface area (TPSA) is 93.7 Å². The minimum atomic E-state index is -3.94. The van der Waals surface area contributed by atoms with Gasteiger partial charge in [0.05, 0.1) is 19.1 Å². The third-order valence-electron chi connectivity index (χ3n) is 4.91. The van der Waals surface area contributed by atoms with E-state index in [0.717, 1.165) is 11.1 Å². The van der Waals surface area contributed by atoms with Gasteiger partial charge in [-0.3, -0.25) is 4.79 Å². The van der Waals surface area contributed by atoms with Gasteiger partial charge in [-0.25, -0.2) is 8.42 Å². The highest BCUT2D eigenvalue weighted by molar-refractivity contribution is 7.89. The second kappa shape index (κ2) is 10.8. The van der Waals surface area contributed by atoms with E-state index in [9.17, 15) is 13.2 Å². The Labute approximate surface area is 188 Å². The van der Waals surface area contributed by atoms with Gasteiger partial charge in [-0.15, -0.1) is 0 Å². The van der Waals surface area contributed by atoms with Crippen molar-refractivity contribution in [2.45, 2.75) is 23.9 Å². The Hall–Kier alpha value is -3.36. The minimum Gasteiger partial charge on any atom is -0.497 e. The van der Waals surface area contributed by atoms with Crippen LogP contribution in [0.2, 0.25) is 0 Å². The number of rotatable bonds is 10. The molecule has 0 spiro atoms. The van der Waals surface area contributed by atoms with Crippen molar-refractivity contribution in [2.75, 3.05) is 14.2 Å². The first kappa shape index (κ1) is 23.3. The average molecular weight is 455 g/mol. The van der Waals surface area contributed by atoms with E-state index in [1.165, 1.54) is 19.2 Å². The van der Waals surface area contributed by atoms with Crippen molar-refractivity contribution in [3.8, 4) is 11.5 Å². The molecule has 0 aliphatic carbocycles. The summed E-state index contributed by atoms with van der Waals surface area (Å²) in [6, 6.07) is 21.6. The van der Waals surface area contributed by atoms with Crippen LogP contribution in [-0.4, -0.2) is 34.6 Å². The number of ether oxygens (including phenoxy) is 2. The van der Waals surface area contributed by atoms with Crippen LogP contribution < -0.4 is 19.5 Å². The van der Waals surface area contributed by atoms with Crippen LogP contribution in [0.25, 0.3) is 0 Å². The first-order chi connectivity index (χ1) is 15.4. The molecule has 0 saturated heterocycles. The molecule has 1 atom stereocenters. The lowest BCUT2D eigenvalue weighted by Crippen LogP contribution is -2.47. The average Bonchev–Trinajstić information content (AvgIpc) is 2.82. The van der Waals surface area contributed by atoms with Gasteiger partial charge in [0.15, 0.2) is 0 Å². The second-order valence-corrected chi connectivity index (χ2v) is 8.78. The monoisotopic (exact) mass is 454 g/mol. The van der Waals surface area contributed by atoms with Gasteiger partial charge >= 0.3 is 0 Å². The predicted molar refractivity (Wildman–Crippen MR) is 122 cm³/mol. The maximum Gasteiger partial charge on any atom is 0.241 e. The maximum atomic E-state index is 13.0. The summed E-state index contributed by atoms with van der Waals surface area (Å²) in [6.45, 7) is 0.207. The van der Waals surface area contributed by atoms with Gasteiger partial charge in [0.25, 0.3) is 0 Å². The third-order valence-corrected chi connectivity index (χ3v) is 6.40. The molecule has 3 aromatic carbocycles. The molecule has 0 radical (unpaired) electrons. The van der Waals surface area contributed by atoms with Crippen LogP contribution in [-0.2, 0) is 27.8 Å². The van der Waals surface area contributed by atoms with Crippen LogP contribution in [0.3, 0.4) is 0 Å². The van der Waals surface area contributed by atoms with E-state index < -0.39 is 22.0 Å². The van der Waals surface area contributed by atoms with E-state index >= 15 is 0 Å². The number of hydrogen-bond acceptors (Lipinski definition) is 5. The van der Waals surface area contributed by atoms with E-state index in [1.54, 1.807) is 25.3 Å². The normalized spacial score (nSPS) is 12.1. The first-order valence-corrected chi connectivity index (χ1v) is 11.5. The van der Waals surface area contributed by atoms with Crippen LogP contribution in [0.1, 0.15) is 11.1 Å². The van der Waals surface area contributed by atoms with E-state index in [1.807, 2.05) is 48.5 Å². The number of sulfonamides is 1. The zero-order chi connectivity index (χ0) is 23.0. The van der Waals surface area contributed by atoms with Crippen LogP contribution in [0.4, 0.5) is 0 Å². The summed E-state index contributed by atoms with van der Waals surface area (Å²) in [5, 5.41) is 2.82. The molecule has 0 unspecified atom stereocenters. The molecule has 8 heteroatoms. The Balaban J connectivity index is 1.80. The van der Waals surface area contributed by atoms with Gasteiger partial charge in [0.2, 0.25) is 15.9 Å². The third kappa shape index (κ3) is 6.09. The highest BCUT2D eigenvalue weighted by Crippen LogP contribution is 2.18. The highest BCUT2D eigenvalue weighted by Gasteiger charge is 2.26. The number of methoxy groups -OCH3 is 2. The molecule has 168 valence electrons. The van der Waals surface area contributed by atoms with Crippen molar-refractivity contribution in [3.05, 3.63) is 90.0 Å². The Bertz CT molecular complexity index is 1130. The fraction of sp³-hybridized carbons (Fsp3) is 0.208. The molecule has 0 fully saturated rings. The van der Waals surface area contributed by atoms with E-state index in [2.05, 4.69) is 10.0 Å². The van der Waals surface area contributed by atoms with Gasteiger partial charge in [0, 0.05) is 12.1 Å². The molecule has 1 amide bonds. The van der Waals surface area contributed by atoms with Crippen LogP contribution in [0, 0.1) is 0 Å². The van der Waals surface area contributed by atoms with Gasteiger partial charge in [-0.1, -0.05) is 48.5 Å². The SMILES string of the molecule is COc1ccc(S(=O)(=O)N[C@@H](Cc2ccccc2)C(=O)NCc2ccccc2OC)cc1. The van der Waals surface area contributed by atoms with Crippen LogP contribution in [0.15, 0.2) is 83.8 Å². The van der Waals surface area contributed by atoms with Gasteiger partial charge < -0.3 is 14.8 Å². The maximum absolute atomic E-state index is 13.0. The Morgan fingerprint density at radius 1 is 0.875 bits per heavy atom. The van der Waals surface area contributed by atoms with Crippen molar-refractivity contribution < 1.29 is 22.7 Å². The number of carbonyl (C=O) groups is 1. The summed E-state index contributed by atoms with van der Waals surface area (Å²) in [6.07, 6.45) is 0.202. The molecule has 2 N–H and O–H groups in total. The summed E-state index contributed by atoms with van der Waals surface area (Å²) in [4.78, 5) is 13.1. The molecule has 3 rings (SSSR count). The standard InChI is InChI=1S/C24H26N2O5S/c1-30-20-12-14-21(15-13-20)32(28,29)26-22(16-18-8-4-3-5-9-18)24(27)25-17-19-10-6-7-11-23(19)31-2/h3-15,22,26H,16-17H2,1-2H3,(H,25,27)/t22-/m0/s1. The number of para-hydroxylation sites is 1. The van der Waals surface area contributed by atoms with Gasteiger partial charge in [-0.2, -0.15) is 4.72 Å². The van der Waals surface area contributed by atoms with Gasteiger partial charge in [-0.05, 0) is 42.3 Å². The number of carbonyl (C=O) groups excluding carboxylic acids is 1. The minimum absolute atomic E-state index is 0.0499. The summed E-state index contributed by atoms with van der Waals surface area (Å²) >= 11 is 0. The Morgan fingerprint density at radius 2 is 1.53 bits per heavy atom. The summed E-state index contributed by atoms with van der Waals surface area (Å²) in [5.41, 5.74) is 1.63. The van der Waals surface area contributed by atoms with E-state index in [4.69, 9.17) is 9.47 Å². The lowest BCUT2D eigenvalue weighted by molar-refractivity contribution is -0.122. The molecular weight excluding hydrogens is 428 g/mol. The fourth-order valence-electron chi connectivity index (χ4n) is 3.20. The van der Waals surface area contributed by atoms with Crippen molar-refractivity contribution in [3.63, 3.8) is 0 Å². The second-order valence-electron chi connectivity index (χ2n) is 7.07. The number of amides is 1. The highest BCUT2D eigenvalue weighted by atomic mass is 32.2. The quantitative estimate of drug-likeness (QED) is 0.491. The van der Waals surface area contributed by atoms with Crippen molar-refractivity contribution >= 4 is 15.9 Å². The van der Waals surface area contributed by atoms with Crippen LogP contribution in [0.5, 0.6) is 11.5 Å². The van der Waals surface area contributed by atoms with E-state index in [0.29, 0.717) is 11.5 Å². The molecule has 0 aliphatic rings. The number of nitrogens with one attached hydrogen (secondary N) is 2. The number of benzene rings is 3. The molecule has 0 aromatic heterocycles. The molecule has 0 heterocycles. The molecule has 3 aromatic rings. The smallest absolute Gasteiger partial charge is 0.241 e. The summed E-state index contributed by atoms with van der Waals surface area (Å²) in [5.74, 6) is 0.752. The first-order valence-electron chi connectivity index (χ1n) is 10.0. The molecule has 0 saturated carbocycles. The lowest BCUT2D eigenvalue weighted by atomic mass is 10.1. The molecular formula is C24H26N2O5S. The fourth-order valence-corrected chi connectivity index (χ4v) is 4.40. The lowest BCUT2D eigenvalue weighted by Gasteiger charge is -2.19. The van der Waals surface area contributed by atoms with Crippen molar-refractivity contribution in [1.82, 2.24) is 10.0 Å². The Morgan fingerprint density at radius 3 is 2.19 bits per heavy atom. The predicted octanol–water partition coefficient (Wildman–Crippen LogP) is 2.91. The zero-order valence-corrected chi connectivity index (χ0v) is 18.8. The molecule has 0 bridgehead atoms.